The van der Waals surface area contributed by atoms with E-state index in [9.17, 15) is 18.0 Å². The van der Waals surface area contributed by atoms with Gasteiger partial charge in [-0.05, 0) is 37.0 Å². The van der Waals surface area contributed by atoms with Crippen molar-refractivity contribution >= 4 is 21.8 Å². The molecular formula is C16H23N3O4S. The Kier molecular flexibility index (Phi) is 5.95. The predicted octanol–water partition coefficient (Wildman–Crippen LogP) is 0.347. The van der Waals surface area contributed by atoms with Crippen LogP contribution in [0.15, 0.2) is 29.2 Å². The Morgan fingerprint density at radius 2 is 1.75 bits per heavy atom. The van der Waals surface area contributed by atoms with Gasteiger partial charge in [-0.1, -0.05) is 12.1 Å². The number of benzene rings is 1. The predicted molar refractivity (Wildman–Crippen MR) is 89.6 cm³/mol. The van der Waals surface area contributed by atoms with Crippen LogP contribution in [0.1, 0.15) is 25.3 Å². The van der Waals surface area contributed by atoms with E-state index in [1.54, 1.807) is 17.0 Å². The first-order valence-electron chi connectivity index (χ1n) is 7.92. The number of nitrogens with two attached hydrogens (primary N) is 1. The summed E-state index contributed by atoms with van der Waals surface area (Å²) in [4.78, 5) is 27.3. The third kappa shape index (κ3) is 5.04. The summed E-state index contributed by atoms with van der Waals surface area (Å²) in [5.74, 6) is -0.170. The Balaban J connectivity index is 1.93. The maximum absolute atomic E-state index is 12.2. The van der Waals surface area contributed by atoms with E-state index in [-0.39, 0.29) is 23.3 Å². The molecule has 7 nitrogen and oxygen atoms in total. The molecule has 24 heavy (non-hydrogen) atoms. The zero-order valence-electron chi connectivity index (χ0n) is 13.8. The highest BCUT2D eigenvalue weighted by molar-refractivity contribution is 7.89. The number of primary sulfonamides is 1. The molecule has 1 aromatic rings. The Morgan fingerprint density at radius 3 is 2.25 bits per heavy atom. The Bertz CT molecular complexity index is 695. The standard InChI is InChI=1S/C16H23N3O4S/c1-13(20)19(12-16(21)18-9-2-3-10-18)11-8-14-4-6-15(7-5-14)24(17,22)23/h4-7H,2-3,8-12H2,1H3,(H2,17,22,23). The molecule has 0 atom stereocenters. The summed E-state index contributed by atoms with van der Waals surface area (Å²) < 4.78 is 22.5. The molecule has 0 radical (unpaired) electrons. The number of likely N-dealkylation sites (tertiary alicyclic amines) is 1. The molecule has 0 aliphatic carbocycles. The largest absolute Gasteiger partial charge is 0.341 e. The molecule has 0 saturated carbocycles. The minimum Gasteiger partial charge on any atom is -0.341 e. The zero-order chi connectivity index (χ0) is 17.7. The lowest BCUT2D eigenvalue weighted by atomic mass is 10.1. The van der Waals surface area contributed by atoms with Gasteiger partial charge in [0, 0.05) is 26.6 Å². The molecule has 0 unspecified atom stereocenters. The van der Waals surface area contributed by atoms with Crippen LogP contribution in [0.2, 0.25) is 0 Å². The van der Waals surface area contributed by atoms with Crippen molar-refractivity contribution in [3.8, 4) is 0 Å². The average Bonchev–Trinajstić information content (AvgIpc) is 3.05. The van der Waals surface area contributed by atoms with E-state index >= 15 is 0 Å². The number of hydrogen-bond acceptors (Lipinski definition) is 4. The van der Waals surface area contributed by atoms with Crippen LogP contribution in [-0.4, -0.2) is 56.2 Å². The minimum absolute atomic E-state index is 0.0210. The summed E-state index contributed by atoms with van der Waals surface area (Å²) in [5.41, 5.74) is 0.877. The van der Waals surface area contributed by atoms with E-state index < -0.39 is 10.0 Å². The van der Waals surface area contributed by atoms with Crippen molar-refractivity contribution < 1.29 is 18.0 Å². The van der Waals surface area contributed by atoms with Crippen LogP contribution in [0.5, 0.6) is 0 Å². The normalized spacial score (nSPS) is 14.7. The van der Waals surface area contributed by atoms with Gasteiger partial charge in [0.25, 0.3) is 0 Å². The highest BCUT2D eigenvalue weighted by Crippen LogP contribution is 2.11. The molecule has 0 aromatic heterocycles. The summed E-state index contributed by atoms with van der Waals surface area (Å²) in [7, 11) is -3.70. The van der Waals surface area contributed by atoms with Crippen molar-refractivity contribution in [2.75, 3.05) is 26.2 Å². The molecule has 1 aliphatic rings. The number of rotatable bonds is 6. The first kappa shape index (κ1) is 18.4. The topological polar surface area (TPSA) is 101 Å². The zero-order valence-corrected chi connectivity index (χ0v) is 14.6. The second kappa shape index (κ2) is 7.76. The number of hydrogen-bond donors (Lipinski definition) is 1. The van der Waals surface area contributed by atoms with Gasteiger partial charge in [0.1, 0.15) is 0 Å². The van der Waals surface area contributed by atoms with Crippen molar-refractivity contribution in [3.05, 3.63) is 29.8 Å². The van der Waals surface area contributed by atoms with Gasteiger partial charge < -0.3 is 9.80 Å². The lowest BCUT2D eigenvalue weighted by Gasteiger charge is -2.24. The second-order valence-corrected chi connectivity index (χ2v) is 7.53. The molecule has 132 valence electrons. The Labute approximate surface area is 142 Å². The smallest absolute Gasteiger partial charge is 0.242 e. The van der Waals surface area contributed by atoms with E-state index in [2.05, 4.69) is 0 Å². The SMILES string of the molecule is CC(=O)N(CCc1ccc(S(N)(=O)=O)cc1)CC(=O)N1CCCC1. The van der Waals surface area contributed by atoms with Crippen LogP contribution in [0.3, 0.4) is 0 Å². The number of amides is 2. The summed E-state index contributed by atoms with van der Waals surface area (Å²) >= 11 is 0. The molecular weight excluding hydrogens is 330 g/mol. The van der Waals surface area contributed by atoms with E-state index in [0.29, 0.717) is 13.0 Å². The van der Waals surface area contributed by atoms with Crippen LogP contribution < -0.4 is 5.14 Å². The van der Waals surface area contributed by atoms with Gasteiger partial charge in [0.05, 0.1) is 11.4 Å². The molecule has 1 aliphatic heterocycles. The molecule has 0 spiro atoms. The number of carbonyl (C=O) groups excluding carboxylic acids is 2. The molecule has 2 rings (SSSR count). The van der Waals surface area contributed by atoms with Crippen molar-refractivity contribution in [1.82, 2.24) is 9.80 Å². The second-order valence-electron chi connectivity index (χ2n) is 5.97. The molecule has 1 saturated heterocycles. The number of carbonyl (C=O) groups is 2. The van der Waals surface area contributed by atoms with Crippen LogP contribution in [-0.2, 0) is 26.0 Å². The number of nitrogens with zero attached hydrogens (tertiary/aromatic N) is 2. The van der Waals surface area contributed by atoms with Crippen LogP contribution >= 0.6 is 0 Å². The van der Waals surface area contributed by atoms with Crippen molar-refractivity contribution in [2.45, 2.75) is 31.1 Å². The Hall–Kier alpha value is -1.93. The van der Waals surface area contributed by atoms with Gasteiger partial charge in [-0.3, -0.25) is 9.59 Å². The average molecular weight is 353 g/mol. The molecule has 1 aromatic carbocycles. The van der Waals surface area contributed by atoms with Gasteiger partial charge >= 0.3 is 0 Å². The van der Waals surface area contributed by atoms with Gasteiger partial charge in [-0.15, -0.1) is 0 Å². The van der Waals surface area contributed by atoms with Gasteiger partial charge in [0.2, 0.25) is 21.8 Å². The first-order valence-corrected chi connectivity index (χ1v) is 9.47. The lowest BCUT2D eigenvalue weighted by Crippen LogP contribution is -2.41. The molecule has 1 fully saturated rings. The van der Waals surface area contributed by atoms with Crippen molar-refractivity contribution in [1.29, 1.82) is 0 Å². The van der Waals surface area contributed by atoms with Crippen LogP contribution in [0.25, 0.3) is 0 Å². The van der Waals surface area contributed by atoms with Crippen LogP contribution in [0.4, 0.5) is 0 Å². The van der Waals surface area contributed by atoms with Gasteiger partial charge in [-0.25, -0.2) is 13.6 Å². The van der Waals surface area contributed by atoms with E-state index in [1.165, 1.54) is 24.0 Å². The van der Waals surface area contributed by atoms with Crippen LogP contribution in [0, 0.1) is 0 Å². The van der Waals surface area contributed by atoms with Gasteiger partial charge in [0.15, 0.2) is 0 Å². The lowest BCUT2D eigenvalue weighted by molar-refractivity contribution is -0.138. The van der Waals surface area contributed by atoms with Gasteiger partial charge in [-0.2, -0.15) is 0 Å². The molecule has 1 heterocycles. The van der Waals surface area contributed by atoms with Crippen molar-refractivity contribution in [2.24, 2.45) is 5.14 Å². The Morgan fingerprint density at radius 1 is 1.17 bits per heavy atom. The highest BCUT2D eigenvalue weighted by atomic mass is 32.2. The summed E-state index contributed by atoms with van der Waals surface area (Å²) in [5, 5.41) is 5.06. The molecule has 8 heteroatoms. The van der Waals surface area contributed by atoms with E-state index in [1.807, 2.05) is 0 Å². The van der Waals surface area contributed by atoms with E-state index in [0.717, 1.165) is 31.5 Å². The summed E-state index contributed by atoms with van der Waals surface area (Å²) in [6.07, 6.45) is 2.57. The summed E-state index contributed by atoms with van der Waals surface area (Å²) in [6, 6.07) is 6.22. The fourth-order valence-electron chi connectivity index (χ4n) is 2.69. The van der Waals surface area contributed by atoms with E-state index in [4.69, 9.17) is 5.14 Å². The maximum Gasteiger partial charge on any atom is 0.242 e. The summed E-state index contributed by atoms with van der Waals surface area (Å²) in [6.45, 7) is 3.47. The minimum atomic E-state index is -3.70. The fraction of sp³-hybridized carbons (Fsp3) is 0.500. The third-order valence-electron chi connectivity index (χ3n) is 4.15. The van der Waals surface area contributed by atoms with Crippen molar-refractivity contribution in [3.63, 3.8) is 0 Å². The third-order valence-corrected chi connectivity index (χ3v) is 5.08. The quantitative estimate of drug-likeness (QED) is 0.797. The molecule has 0 bridgehead atoms. The maximum atomic E-state index is 12.2. The first-order chi connectivity index (χ1) is 11.3. The number of sulfonamides is 1. The highest BCUT2D eigenvalue weighted by Gasteiger charge is 2.21. The molecule has 2 N–H and O–H groups in total. The molecule has 2 amide bonds. The fourth-order valence-corrected chi connectivity index (χ4v) is 3.20. The monoisotopic (exact) mass is 353 g/mol.